The molecule has 4 heteroatoms. The number of amides is 2. The van der Waals surface area contributed by atoms with E-state index in [1.165, 1.54) is 0 Å². The van der Waals surface area contributed by atoms with E-state index in [0.717, 1.165) is 12.8 Å². The van der Waals surface area contributed by atoms with Crippen LogP contribution in [0.15, 0.2) is 0 Å². The van der Waals surface area contributed by atoms with Crippen LogP contribution >= 0.6 is 0 Å². The molecule has 1 atom stereocenters. The molecule has 2 fully saturated rings. The largest absolute Gasteiger partial charge is 0.307 e. The molecule has 21 heavy (non-hydrogen) atoms. The van der Waals surface area contributed by atoms with Crippen molar-refractivity contribution in [2.45, 2.75) is 84.8 Å². The lowest BCUT2D eigenvalue weighted by atomic mass is 9.78. The summed E-state index contributed by atoms with van der Waals surface area (Å²) in [6.45, 7) is 14.7. The van der Waals surface area contributed by atoms with E-state index in [1.807, 2.05) is 20.8 Å². The lowest BCUT2D eigenvalue weighted by Gasteiger charge is -2.48. The number of hydrogen-bond acceptors (Lipinski definition) is 3. The number of rotatable bonds is 1. The molecule has 0 aromatic rings. The van der Waals surface area contributed by atoms with Crippen LogP contribution in [0.25, 0.3) is 0 Å². The molecule has 2 aliphatic heterocycles. The number of carbonyl (C=O) groups is 2. The Bertz CT molecular complexity index is 444. The summed E-state index contributed by atoms with van der Waals surface area (Å²) >= 11 is 0. The average molecular weight is 294 g/mol. The molecule has 2 saturated heterocycles. The number of carbonyl (C=O) groups excluding carboxylic acids is 2. The Morgan fingerprint density at radius 2 is 1.52 bits per heavy atom. The molecule has 0 saturated carbocycles. The molecule has 0 aliphatic carbocycles. The molecule has 2 amide bonds. The molecule has 0 aromatic carbocycles. The predicted molar refractivity (Wildman–Crippen MR) is 83.7 cm³/mol. The average Bonchev–Trinajstić information content (AvgIpc) is 2.48. The topological polar surface area (TPSA) is 49.4 Å². The van der Waals surface area contributed by atoms with E-state index >= 15 is 0 Å². The van der Waals surface area contributed by atoms with Crippen molar-refractivity contribution >= 4 is 11.8 Å². The fourth-order valence-corrected chi connectivity index (χ4v) is 4.16. The van der Waals surface area contributed by atoms with Crippen molar-refractivity contribution in [1.82, 2.24) is 10.2 Å². The van der Waals surface area contributed by atoms with Gasteiger partial charge in [0, 0.05) is 23.5 Å². The lowest BCUT2D eigenvalue weighted by Crippen LogP contribution is -2.63. The first-order valence-electron chi connectivity index (χ1n) is 7.98. The van der Waals surface area contributed by atoms with E-state index in [-0.39, 0.29) is 40.3 Å². The summed E-state index contributed by atoms with van der Waals surface area (Å²) in [6.07, 6.45) is 2.02. The van der Waals surface area contributed by atoms with Crippen molar-refractivity contribution in [1.29, 1.82) is 0 Å². The standard InChI is InChI=1S/C17H30N2O2/c1-15(2,3)12-8-13(20)19(14(12)21)11-9-16(4,5)18-17(6,7)10-11/h11-12,18H,8-10H2,1-7H3. The zero-order chi connectivity index (χ0) is 16.2. The molecule has 1 N–H and O–H groups in total. The van der Waals surface area contributed by atoms with Gasteiger partial charge in [0.05, 0.1) is 5.92 Å². The van der Waals surface area contributed by atoms with Gasteiger partial charge < -0.3 is 5.32 Å². The highest BCUT2D eigenvalue weighted by molar-refractivity contribution is 6.04. The van der Waals surface area contributed by atoms with Gasteiger partial charge in [0.15, 0.2) is 0 Å². The smallest absolute Gasteiger partial charge is 0.233 e. The molecule has 0 aromatic heterocycles. The van der Waals surface area contributed by atoms with Crippen LogP contribution < -0.4 is 5.32 Å². The number of hydrogen-bond donors (Lipinski definition) is 1. The molecule has 2 aliphatic rings. The summed E-state index contributed by atoms with van der Waals surface area (Å²) in [4.78, 5) is 26.8. The van der Waals surface area contributed by atoms with Crippen molar-refractivity contribution < 1.29 is 9.59 Å². The summed E-state index contributed by atoms with van der Waals surface area (Å²) in [5.41, 5.74) is -0.279. The van der Waals surface area contributed by atoms with Crippen LogP contribution in [0.5, 0.6) is 0 Å². The lowest BCUT2D eigenvalue weighted by molar-refractivity contribution is -0.144. The zero-order valence-corrected chi connectivity index (χ0v) is 14.5. The monoisotopic (exact) mass is 294 g/mol. The fraction of sp³-hybridized carbons (Fsp3) is 0.882. The first-order valence-corrected chi connectivity index (χ1v) is 7.98. The minimum Gasteiger partial charge on any atom is -0.307 e. The van der Waals surface area contributed by atoms with Gasteiger partial charge in [0.2, 0.25) is 11.8 Å². The number of piperidine rings is 1. The van der Waals surface area contributed by atoms with Gasteiger partial charge in [0.1, 0.15) is 0 Å². The zero-order valence-electron chi connectivity index (χ0n) is 14.5. The van der Waals surface area contributed by atoms with Crippen LogP contribution in [0, 0.1) is 11.3 Å². The Kier molecular flexibility index (Phi) is 3.77. The first-order chi connectivity index (χ1) is 9.32. The second-order valence-corrected chi connectivity index (χ2v) is 9.18. The highest BCUT2D eigenvalue weighted by Crippen LogP contribution is 2.40. The number of likely N-dealkylation sites (tertiary alicyclic amines) is 1. The Balaban J connectivity index is 2.25. The summed E-state index contributed by atoms with van der Waals surface area (Å²) < 4.78 is 0. The SMILES string of the molecule is CC1(C)CC(N2C(=O)CC(C(C)(C)C)C2=O)CC(C)(C)N1. The molecule has 120 valence electrons. The minimum atomic E-state index is -0.175. The summed E-state index contributed by atoms with van der Waals surface area (Å²) in [5.74, 6) is -0.129. The summed E-state index contributed by atoms with van der Waals surface area (Å²) in [6, 6.07) is 0.0172. The molecule has 0 spiro atoms. The normalized spacial score (nSPS) is 30.0. The van der Waals surface area contributed by atoms with E-state index in [1.54, 1.807) is 4.90 Å². The van der Waals surface area contributed by atoms with Crippen molar-refractivity contribution in [3.8, 4) is 0 Å². The summed E-state index contributed by atoms with van der Waals surface area (Å²) in [7, 11) is 0. The van der Waals surface area contributed by atoms with Crippen molar-refractivity contribution in [2.24, 2.45) is 11.3 Å². The highest BCUT2D eigenvalue weighted by atomic mass is 16.2. The van der Waals surface area contributed by atoms with Crippen LogP contribution in [-0.2, 0) is 9.59 Å². The third kappa shape index (κ3) is 3.31. The van der Waals surface area contributed by atoms with Crippen LogP contribution in [0.3, 0.4) is 0 Å². The highest BCUT2D eigenvalue weighted by Gasteiger charge is 2.50. The number of nitrogens with one attached hydrogen (secondary N) is 1. The van der Waals surface area contributed by atoms with E-state index in [2.05, 4.69) is 33.0 Å². The van der Waals surface area contributed by atoms with E-state index in [9.17, 15) is 9.59 Å². The van der Waals surface area contributed by atoms with Crippen LogP contribution in [0.2, 0.25) is 0 Å². The van der Waals surface area contributed by atoms with Gasteiger partial charge in [-0.05, 0) is 46.0 Å². The molecule has 0 bridgehead atoms. The predicted octanol–water partition coefficient (Wildman–Crippen LogP) is 2.72. The summed E-state index contributed by atoms with van der Waals surface area (Å²) in [5, 5.41) is 3.61. The molecule has 1 unspecified atom stereocenters. The van der Waals surface area contributed by atoms with Gasteiger partial charge in [-0.15, -0.1) is 0 Å². The molecule has 4 nitrogen and oxygen atoms in total. The van der Waals surface area contributed by atoms with Crippen molar-refractivity contribution in [3.63, 3.8) is 0 Å². The van der Waals surface area contributed by atoms with Crippen molar-refractivity contribution in [3.05, 3.63) is 0 Å². The fourth-order valence-electron chi connectivity index (χ4n) is 4.16. The number of nitrogens with zero attached hydrogens (tertiary/aromatic N) is 1. The second kappa shape index (κ2) is 4.80. The third-order valence-corrected chi connectivity index (χ3v) is 4.76. The van der Waals surface area contributed by atoms with Crippen molar-refractivity contribution in [2.75, 3.05) is 0 Å². The van der Waals surface area contributed by atoms with Crippen LogP contribution in [0.4, 0.5) is 0 Å². The van der Waals surface area contributed by atoms with Gasteiger partial charge in [-0.1, -0.05) is 20.8 Å². The quantitative estimate of drug-likeness (QED) is 0.757. The minimum absolute atomic E-state index is 0.0124. The Hall–Kier alpha value is -0.900. The Labute approximate surface area is 128 Å². The van der Waals surface area contributed by atoms with Gasteiger partial charge in [-0.3, -0.25) is 14.5 Å². The second-order valence-electron chi connectivity index (χ2n) is 9.18. The maximum atomic E-state index is 12.8. The Morgan fingerprint density at radius 1 is 1.05 bits per heavy atom. The van der Waals surface area contributed by atoms with E-state index in [0.29, 0.717) is 6.42 Å². The molecule has 2 rings (SSSR count). The molecule has 2 heterocycles. The number of imide groups is 1. The Morgan fingerprint density at radius 3 is 1.90 bits per heavy atom. The maximum absolute atomic E-state index is 12.8. The van der Waals surface area contributed by atoms with Crippen LogP contribution in [0.1, 0.15) is 67.7 Å². The maximum Gasteiger partial charge on any atom is 0.233 e. The van der Waals surface area contributed by atoms with Gasteiger partial charge in [-0.25, -0.2) is 0 Å². The van der Waals surface area contributed by atoms with Gasteiger partial charge in [0.25, 0.3) is 0 Å². The third-order valence-electron chi connectivity index (χ3n) is 4.76. The molecular formula is C17H30N2O2. The van der Waals surface area contributed by atoms with Gasteiger partial charge >= 0.3 is 0 Å². The molecular weight excluding hydrogens is 264 g/mol. The van der Waals surface area contributed by atoms with Crippen LogP contribution in [-0.4, -0.2) is 33.8 Å². The first kappa shape index (κ1) is 16.5. The van der Waals surface area contributed by atoms with E-state index in [4.69, 9.17) is 0 Å². The molecule has 0 radical (unpaired) electrons. The van der Waals surface area contributed by atoms with Gasteiger partial charge in [-0.2, -0.15) is 0 Å². The van der Waals surface area contributed by atoms with E-state index < -0.39 is 0 Å².